The zero-order chi connectivity index (χ0) is 18.1. The van der Waals surface area contributed by atoms with Gasteiger partial charge >= 0.3 is 18.0 Å². The molecule has 0 aliphatic heterocycles. The van der Waals surface area contributed by atoms with E-state index in [9.17, 15) is 19.5 Å². The number of carbonyl (C=O) groups is 3. The van der Waals surface area contributed by atoms with Crippen LogP contribution in [-0.4, -0.2) is 36.0 Å². The fourth-order valence-electron chi connectivity index (χ4n) is 1.89. The molecule has 1 aromatic carbocycles. The highest BCUT2D eigenvalue weighted by molar-refractivity contribution is 6.30. The Morgan fingerprint density at radius 3 is 2.58 bits per heavy atom. The minimum Gasteiger partial charge on any atom is -0.481 e. The molecule has 1 aromatic rings. The number of hydrogen-bond donors (Lipinski definition) is 2. The number of carboxylic acid groups (broad SMARTS) is 1. The molecule has 0 bridgehead atoms. The predicted molar refractivity (Wildman–Crippen MR) is 86.6 cm³/mol. The SMILES string of the molecule is CCC(=O)O[C@H](C)OC(=O)NC[C@H](Cc1cccc(Cl)c1)C(=O)O. The molecule has 1 amide bonds. The molecule has 0 fully saturated rings. The lowest BCUT2D eigenvalue weighted by atomic mass is 9.99. The molecule has 132 valence electrons. The molecule has 0 aliphatic carbocycles. The van der Waals surface area contributed by atoms with Crippen molar-refractivity contribution in [1.29, 1.82) is 0 Å². The summed E-state index contributed by atoms with van der Waals surface area (Å²) in [6.07, 6.45) is -1.54. The number of carboxylic acids is 1. The van der Waals surface area contributed by atoms with Gasteiger partial charge in [0.05, 0.1) is 5.92 Å². The number of esters is 1. The van der Waals surface area contributed by atoms with Crippen LogP contribution in [0, 0.1) is 5.92 Å². The fourth-order valence-corrected chi connectivity index (χ4v) is 2.10. The molecule has 1 rings (SSSR count). The second-order valence-corrected chi connectivity index (χ2v) is 5.50. The molecule has 7 nitrogen and oxygen atoms in total. The summed E-state index contributed by atoms with van der Waals surface area (Å²) < 4.78 is 9.60. The van der Waals surface area contributed by atoms with E-state index >= 15 is 0 Å². The van der Waals surface area contributed by atoms with Crippen molar-refractivity contribution in [1.82, 2.24) is 5.32 Å². The number of nitrogens with one attached hydrogen (secondary N) is 1. The molecule has 2 atom stereocenters. The van der Waals surface area contributed by atoms with E-state index in [4.69, 9.17) is 21.1 Å². The minimum atomic E-state index is -1.05. The van der Waals surface area contributed by atoms with E-state index in [1.54, 1.807) is 31.2 Å². The molecular weight excluding hydrogens is 338 g/mol. The van der Waals surface area contributed by atoms with Crippen molar-refractivity contribution < 1.29 is 29.0 Å². The van der Waals surface area contributed by atoms with Gasteiger partial charge in [-0.2, -0.15) is 0 Å². The van der Waals surface area contributed by atoms with Gasteiger partial charge in [-0.05, 0) is 24.1 Å². The summed E-state index contributed by atoms with van der Waals surface area (Å²) in [6, 6.07) is 6.84. The van der Waals surface area contributed by atoms with Crippen LogP contribution >= 0.6 is 11.6 Å². The van der Waals surface area contributed by atoms with Crippen LogP contribution in [0.1, 0.15) is 25.8 Å². The number of rotatable bonds is 8. The van der Waals surface area contributed by atoms with Crippen LogP contribution in [0.25, 0.3) is 0 Å². The molecule has 2 N–H and O–H groups in total. The lowest BCUT2D eigenvalue weighted by Gasteiger charge is -2.16. The Balaban J connectivity index is 2.50. The largest absolute Gasteiger partial charge is 0.481 e. The molecule has 0 spiro atoms. The van der Waals surface area contributed by atoms with Crippen molar-refractivity contribution in [2.24, 2.45) is 5.92 Å². The number of ether oxygens (including phenoxy) is 2. The number of aliphatic carboxylic acids is 1. The third kappa shape index (κ3) is 7.32. The summed E-state index contributed by atoms with van der Waals surface area (Å²) in [7, 11) is 0. The second-order valence-electron chi connectivity index (χ2n) is 5.07. The molecule has 0 saturated heterocycles. The van der Waals surface area contributed by atoms with E-state index in [1.807, 2.05) is 0 Å². The first-order valence-electron chi connectivity index (χ1n) is 7.43. The van der Waals surface area contributed by atoms with E-state index < -0.39 is 30.2 Å². The first-order chi connectivity index (χ1) is 11.3. The van der Waals surface area contributed by atoms with E-state index in [-0.39, 0.29) is 19.4 Å². The smallest absolute Gasteiger partial charge is 0.410 e. The maximum atomic E-state index is 11.6. The van der Waals surface area contributed by atoms with Gasteiger partial charge in [-0.3, -0.25) is 9.59 Å². The van der Waals surface area contributed by atoms with Crippen molar-refractivity contribution in [2.75, 3.05) is 6.54 Å². The summed E-state index contributed by atoms with van der Waals surface area (Å²) in [5.74, 6) is -2.40. The lowest BCUT2D eigenvalue weighted by Crippen LogP contribution is -2.36. The summed E-state index contributed by atoms with van der Waals surface area (Å²) >= 11 is 5.87. The molecule has 0 aliphatic rings. The van der Waals surface area contributed by atoms with Gasteiger partial charge in [-0.15, -0.1) is 0 Å². The third-order valence-corrected chi connectivity index (χ3v) is 3.31. The second kappa shape index (κ2) is 9.77. The van der Waals surface area contributed by atoms with E-state index in [0.29, 0.717) is 5.02 Å². The Labute approximate surface area is 144 Å². The molecule has 0 saturated carbocycles. The van der Waals surface area contributed by atoms with Gasteiger partial charge in [0.1, 0.15) is 0 Å². The highest BCUT2D eigenvalue weighted by Gasteiger charge is 2.20. The lowest BCUT2D eigenvalue weighted by molar-refractivity contribution is -0.164. The minimum absolute atomic E-state index is 0.130. The van der Waals surface area contributed by atoms with Gasteiger partial charge in [-0.25, -0.2) is 4.79 Å². The molecule has 0 heterocycles. The van der Waals surface area contributed by atoms with Gasteiger partial charge in [0.25, 0.3) is 0 Å². The topological polar surface area (TPSA) is 102 Å². The van der Waals surface area contributed by atoms with Crippen LogP contribution in [0.2, 0.25) is 5.02 Å². The van der Waals surface area contributed by atoms with Crippen molar-refractivity contribution in [3.8, 4) is 0 Å². The van der Waals surface area contributed by atoms with Crippen molar-refractivity contribution >= 4 is 29.6 Å². The fraction of sp³-hybridized carbons (Fsp3) is 0.438. The number of carbonyl (C=O) groups excluding carboxylic acids is 2. The number of alkyl carbamates (subject to hydrolysis) is 1. The van der Waals surface area contributed by atoms with Crippen LogP contribution in [0.15, 0.2) is 24.3 Å². The van der Waals surface area contributed by atoms with Crippen LogP contribution in [0.4, 0.5) is 4.79 Å². The molecule has 0 aromatic heterocycles. The van der Waals surface area contributed by atoms with Crippen LogP contribution in [-0.2, 0) is 25.5 Å². The quantitative estimate of drug-likeness (QED) is 0.547. The Kier molecular flexibility index (Phi) is 8.05. The first kappa shape index (κ1) is 19.8. The number of hydrogen-bond acceptors (Lipinski definition) is 5. The van der Waals surface area contributed by atoms with E-state index in [2.05, 4.69) is 5.32 Å². The number of benzene rings is 1. The van der Waals surface area contributed by atoms with Gasteiger partial charge in [-0.1, -0.05) is 30.7 Å². The monoisotopic (exact) mass is 357 g/mol. The normalized spacial score (nSPS) is 12.8. The van der Waals surface area contributed by atoms with Crippen LogP contribution < -0.4 is 5.32 Å². The van der Waals surface area contributed by atoms with Gasteiger partial charge in [0, 0.05) is 24.9 Å². The summed E-state index contributed by atoms with van der Waals surface area (Å²) in [4.78, 5) is 34.0. The maximum Gasteiger partial charge on any atom is 0.410 e. The van der Waals surface area contributed by atoms with Crippen molar-refractivity contribution in [2.45, 2.75) is 33.0 Å². The van der Waals surface area contributed by atoms with E-state index in [0.717, 1.165) is 5.56 Å². The Morgan fingerprint density at radius 1 is 1.29 bits per heavy atom. The molecule has 0 unspecified atom stereocenters. The number of amides is 1. The zero-order valence-corrected chi connectivity index (χ0v) is 14.2. The predicted octanol–water partition coefficient (Wildman–Crippen LogP) is 2.61. The molecule has 8 heteroatoms. The Morgan fingerprint density at radius 2 is 2.00 bits per heavy atom. The van der Waals surface area contributed by atoms with Crippen LogP contribution in [0.5, 0.6) is 0 Å². The average molecular weight is 358 g/mol. The standard InChI is InChI=1S/C16H20ClNO6/c1-3-14(19)23-10(2)24-16(22)18-9-12(15(20)21)7-11-5-4-6-13(17)8-11/h4-6,8,10,12H,3,7,9H2,1-2H3,(H,18,22)(H,20,21)/t10-,12-/m0/s1. The highest BCUT2D eigenvalue weighted by atomic mass is 35.5. The van der Waals surface area contributed by atoms with Gasteiger partial charge in [0.2, 0.25) is 6.29 Å². The average Bonchev–Trinajstić information content (AvgIpc) is 2.50. The highest BCUT2D eigenvalue weighted by Crippen LogP contribution is 2.14. The zero-order valence-electron chi connectivity index (χ0n) is 13.5. The van der Waals surface area contributed by atoms with Crippen LogP contribution in [0.3, 0.4) is 0 Å². The maximum absolute atomic E-state index is 11.6. The summed E-state index contributed by atoms with van der Waals surface area (Å²) in [6.45, 7) is 2.88. The number of halogens is 1. The molecule has 24 heavy (non-hydrogen) atoms. The van der Waals surface area contributed by atoms with E-state index in [1.165, 1.54) is 6.92 Å². The Bertz CT molecular complexity index is 592. The van der Waals surface area contributed by atoms with Crippen molar-refractivity contribution in [3.63, 3.8) is 0 Å². The molecule has 0 radical (unpaired) electrons. The molecular formula is C16H20ClNO6. The third-order valence-electron chi connectivity index (χ3n) is 3.07. The summed E-state index contributed by atoms with van der Waals surface area (Å²) in [5, 5.41) is 12.1. The first-order valence-corrected chi connectivity index (χ1v) is 7.80. The van der Waals surface area contributed by atoms with Gasteiger partial charge in [0.15, 0.2) is 0 Å². The van der Waals surface area contributed by atoms with Crippen molar-refractivity contribution in [3.05, 3.63) is 34.9 Å². The Hall–Kier alpha value is -2.28. The summed E-state index contributed by atoms with van der Waals surface area (Å²) in [5.41, 5.74) is 0.746. The van der Waals surface area contributed by atoms with Gasteiger partial charge < -0.3 is 19.9 Å².